The van der Waals surface area contributed by atoms with E-state index >= 15 is 0 Å². The Labute approximate surface area is 164 Å². The fourth-order valence-electron chi connectivity index (χ4n) is 2.69. The van der Waals surface area contributed by atoms with Crippen LogP contribution in [0.3, 0.4) is 0 Å². The second kappa shape index (κ2) is 9.19. The van der Waals surface area contributed by atoms with Gasteiger partial charge in [-0.3, -0.25) is 4.79 Å². The molecule has 0 spiro atoms. The van der Waals surface area contributed by atoms with Gasteiger partial charge in [-0.2, -0.15) is 0 Å². The fraction of sp³-hybridized carbons (Fsp3) is 0.182. The van der Waals surface area contributed by atoms with Gasteiger partial charge in [-0.05, 0) is 48.7 Å². The quantitative estimate of drug-likeness (QED) is 0.629. The standard InChI is InChI=1S/C22H22ClN3O/c1-16-5-7-18(8-6-16)15-26-22(27)19-10-12-25-21(14-19)24-11-9-17-3-2-4-20(23)13-17/h2-8,10,12-14H,9,11,15H2,1H3,(H,24,25)(H,26,27). The molecule has 27 heavy (non-hydrogen) atoms. The van der Waals surface area contributed by atoms with Crippen LogP contribution in [-0.4, -0.2) is 17.4 Å². The molecule has 2 aromatic carbocycles. The summed E-state index contributed by atoms with van der Waals surface area (Å²) in [5.74, 6) is 0.566. The highest BCUT2D eigenvalue weighted by Crippen LogP contribution is 2.12. The normalized spacial score (nSPS) is 10.4. The molecule has 1 heterocycles. The number of aromatic nitrogens is 1. The molecular weight excluding hydrogens is 358 g/mol. The summed E-state index contributed by atoms with van der Waals surface area (Å²) in [6.45, 7) is 3.25. The number of nitrogens with one attached hydrogen (secondary N) is 2. The van der Waals surface area contributed by atoms with Crippen LogP contribution in [0.5, 0.6) is 0 Å². The van der Waals surface area contributed by atoms with E-state index in [0.717, 1.165) is 22.6 Å². The van der Waals surface area contributed by atoms with Crippen LogP contribution in [0.25, 0.3) is 0 Å². The molecule has 0 radical (unpaired) electrons. The molecule has 1 amide bonds. The Kier molecular flexibility index (Phi) is 6.44. The highest BCUT2D eigenvalue weighted by Gasteiger charge is 2.07. The smallest absolute Gasteiger partial charge is 0.251 e. The third-order valence-electron chi connectivity index (χ3n) is 4.20. The number of pyridine rings is 1. The number of carbonyl (C=O) groups is 1. The van der Waals surface area contributed by atoms with Crippen molar-refractivity contribution < 1.29 is 4.79 Å². The number of nitrogens with zero attached hydrogens (tertiary/aromatic N) is 1. The zero-order valence-electron chi connectivity index (χ0n) is 15.2. The van der Waals surface area contributed by atoms with Gasteiger partial charge in [0.05, 0.1) is 0 Å². The molecule has 3 rings (SSSR count). The Bertz CT molecular complexity index is 909. The van der Waals surface area contributed by atoms with Gasteiger partial charge in [0.15, 0.2) is 0 Å². The van der Waals surface area contributed by atoms with Crippen molar-refractivity contribution in [1.29, 1.82) is 0 Å². The van der Waals surface area contributed by atoms with Gasteiger partial charge in [-0.1, -0.05) is 53.6 Å². The number of halogens is 1. The molecule has 3 aromatic rings. The summed E-state index contributed by atoms with van der Waals surface area (Å²) in [6.07, 6.45) is 2.47. The summed E-state index contributed by atoms with van der Waals surface area (Å²) < 4.78 is 0. The first kappa shape index (κ1) is 18.9. The zero-order chi connectivity index (χ0) is 19.1. The number of benzene rings is 2. The minimum absolute atomic E-state index is 0.115. The molecule has 138 valence electrons. The van der Waals surface area contributed by atoms with Crippen LogP contribution in [0, 0.1) is 6.92 Å². The lowest BCUT2D eigenvalue weighted by Crippen LogP contribution is -2.23. The van der Waals surface area contributed by atoms with Crippen LogP contribution in [-0.2, 0) is 13.0 Å². The highest BCUT2D eigenvalue weighted by atomic mass is 35.5. The van der Waals surface area contributed by atoms with Gasteiger partial charge in [-0.15, -0.1) is 0 Å². The molecule has 0 fully saturated rings. The van der Waals surface area contributed by atoms with Crippen LogP contribution in [0.15, 0.2) is 66.9 Å². The van der Waals surface area contributed by atoms with Crippen LogP contribution in [0.1, 0.15) is 27.0 Å². The van der Waals surface area contributed by atoms with E-state index in [-0.39, 0.29) is 5.91 Å². The van der Waals surface area contributed by atoms with Gasteiger partial charge in [0.2, 0.25) is 0 Å². The average molecular weight is 380 g/mol. The molecule has 0 atom stereocenters. The van der Waals surface area contributed by atoms with E-state index in [0.29, 0.717) is 24.5 Å². The molecule has 4 nitrogen and oxygen atoms in total. The lowest BCUT2D eigenvalue weighted by Gasteiger charge is -2.09. The Balaban J connectivity index is 1.53. The van der Waals surface area contributed by atoms with Gasteiger partial charge in [0, 0.05) is 29.9 Å². The van der Waals surface area contributed by atoms with Crippen molar-refractivity contribution in [3.05, 3.63) is 94.1 Å². The lowest BCUT2D eigenvalue weighted by molar-refractivity contribution is 0.0951. The van der Waals surface area contributed by atoms with E-state index in [2.05, 4.69) is 15.6 Å². The molecule has 0 aliphatic heterocycles. The predicted molar refractivity (Wildman–Crippen MR) is 110 cm³/mol. The first-order chi connectivity index (χ1) is 13.1. The summed E-state index contributed by atoms with van der Waals surface area (Å²) >= 11 is 6.00. The third kappa shape index (κ3) is 5.83. The predicted octanol–water partition coefficient (Wildman–Crippen LogP) is 4.63. The molecule has 0 aliphatic rings. The van der Waals surface area contributed by atoms with E-state index < -0.39 is 0 Å². The van der Waals surface area contributed by atoms with E-state index in [1.165, 1.54) is 5.56 Å². The number of aryl methyl sites for hydroxylation is 1. The summed E-state index contributed by atoms with van der Waals surface area (Å²) in [5.41, 5.74) is 4.01. The zero-order valence-corrected chi connectivity index (χ0v) is 16.0. The molecule has 0 saturated carbocycles. The number of amides is 1. The molecule has 5 heteroatoms. The molecule has 0 saturated heterocycles. The number of carbonyl (C=O) groups excluding carboxylic acids is 1. The molecule has 2 N–H and O–H groups in total. The lowest BCUT2D eigenvalue weighted by atomic mass is 10.1. The monoisotopic (exact) mass is 379 g/mol. The van der Waals surface area contributed by atoms with Crippen molar-refractivity contribution in [2.24, 2.45) is 0 Å². The second-order valence-electron chi connectivity index (χ2n) is 6.40. The van der Waals surface area contributed by atoms with E-state index in [1.54, 1.807) is 18.3 Å². The summed E-state index contributed by atoms with van der Waals surface area (Å²) in [7, 11) is 0. The van der Waals surface area contributed by atoms with Crippen LogP contribution < -0.4 is 10.6 Å². The average Bonchev–Trinajstić information content (AvgIpc) is 2.68. The maximum atomic E-state index is 12.4. The van der Waals surface area contributed by atoms with Crippen molar-refractivity contribution in [2.45, 2.75) is 19.9 Å². The minimum Gasteiger partial charge on any atom is -0.370 e. The molecule has 0 bridgehead atoms. The molecular formula is C22H22ClN3O. The van der Waals surface area contributed by atoms with E-state index in [9.17, 15) is 4.79 Å². The van der Waals surface area contributed by atoms with Crippen molar-refractivity contribution in [1.82, 2.24) is 10.3 Å². The van der Waals surface area contributed by atoms with Gasteiger partial charge in [0.25, 0.3) is 5.91 Å². The van der Waals surface area contributed by atoms with Gasteiger partial charge >= 0.3 is 0 Å². The summed E-state index contributed by atoms with van der Waals surface area (Å²) in [5, 5.41) is 6.93. The third-order valence-corrected chi connectivity index (χ3v) is 4.44. The fourth-order valence-corrected chi connectivity index (χ4v) is 2.90. The largest absolute Gasteiger partial charge is 0.370 e. The van der Waals surface area contributed by atoms with Crippen molar-refractivity contribution in [2.75, 3.05) is 11.9 Å². The Hall–Kier alpha value is -2.85. The van der Waals surface area contributed by atoms with Crippen LogP contribution in [0.2, 0.25) is 5.02 Å². The maximum Gasteiger partial charge on any atom is 0.251 e. The van der Waals surface area contributed by atoms with E-state index in [1.807, 2.05) is 55.5 Å². The van der Waals surface area contributed by atoms with Gasteiger partial charge in [0.1, 0.15) is 5.82 Å². The second-order valence-corrected chi connectivity index (χ2v) is 6.84. The highest BCUT2D eigenvalue weighted by molar-refractivity contribution is 6.30. The number of hydrogen-bond donors (Lipinski definition) is 2. The SMILES string of the molecule is Cc1ccc(CNC(=O)c2ccnc(NCCc3cccc(Cl)c3)c2)cc1. The summed E-state index contributed by atoms with van der Waals surface area (Å²) in [4.78, 5) is 16.7. The first-order valence-corrected chi connectivity index (χ1v) is 9.26. The summed E-state index contributed by atoms with van der Waals surface area (Å²) in [6, 6.07) is 19.4. The topological polar surface area (TPSA) is 54.0 Å². The number of rotatable bonds is 7. The number of hydrogen-bond acceptors (Lipinski definition) is 3. The number of anilines is 1. The van der Waals surface area contributed by atoms with Crippen LogP contribution in [0.4, 0.5) is 5.82 Å². The van der Waals surface area contributed by atoms with Gasteiger partial charge in [-0.25, -0.2) is 4.98 Å². The molecule has 1 aromatic heterocycles. The van der Waals surface area contributed by atoms with Gasteiger partial charge < -0.3 is 10.6 Å². The first-order valence-electron chi connectivity index (χ1n) is 8.88. The molecule has 0 unspecified atom stereocenters. The van der Waals surface area contributed by atoms with Crippen molar-refractivity contribution in [3.63, 3.8) is 0 Å². The maximum absolute atomic E-state index is 12.4. The Morgan fingerprint density at radius 2 is 1.85 bits per heavy atom. The minimum atomic E-state index is -0.115. The Morgan fingerprint density at radius 1 is 1.04 bits per heavy atom. The van der Waals surface area contributed by atoms with E-state index in [4.69, 9.17) is 11.6 Å². The molecule has 0 aliphatic carbocycles. The Morgan fingerprint density at radius 3 is 2.63 bits per heavy atom. The van der Waals surface area contributed by atoms with Crippen LogP contribution >= 0.6 is 11.6 Å². The van der Waals surface area contributed by atoms with Crippen molar-refractivity contribution in [3.8, 4) is 0 Å². The van der Waals surface area contributed by atoms with Crippen molar-refractivity contribution >= 4 is 23.3 Å².